The Hall–Kier alpha value is -2.97. The Balaban J connectivity index is 1.74. The van der Waals surface area contributed by atoms with E-state index < -0.39 is 0 Å². The second-order valence-electron chi connectivity index (χ2n) is 6.24. The average molecular weight is 412 g/mol. The van der Waals surface area contributed by atoms with Crippen molar-refractivity contribution in [1.29, 1.82) is 0 Å². The maximum Gasteiger partial charge on any atom is 0.266 e. The predicted octanol–water partition coefficient (Wildman–Crippen LogP) is 2.26. The van der Waals surface area contributed by atoms with Gasteiger partial charge in [-0.2, -0.15) is 0 Å². The zero-order chi connectivity index (χ0) is 19.8. The zero-order valence-corrected chi connectivity index (χ0v) is 17.1. The van der Waals surface area contributed by atoms with Crippen molar-refractivity contribution in [2.75, 3.05) is 7.11 Å². The number of aromatic amines is 1. The number of nitrogens with zero attached hydrogens (tertiary/aromatic N) is 2. The summed E-state index contributed by atoms with van der Waals surface area (Å²) in [5, 5.41) is 0. The van der Waals surface area contributed by atoms with Crippen LogP contribution in [0.25, 0.3) is 17.1 Å². The van der Waals surface area contributed by atoms with Crippen LogP contribution in [-0.4, -0.2) is 27.3 Å². The van der Waals surface area contributed by atoms with Gasteiger partial charge in [0.25, 0.3) is 5.56 Å². The van der Waals surface area contributed by atoms with Crippen molar-refractivity contribution in [2.24, 2.45) is 0 Å². The molecule has 0 bridgehead atoms. The van der Waals surface area contributed by atoms with E-state index >= 15 is 0 Å². The Kier molecular flexibility index (Phi) is 4.74. The fourth-order valence-corrected chi connectivity index (χ4v) is 4.60. The number of imidazole rings is 1. The van der Waals surface area contributed by atoms with Crippen molar-refractivity contribution < 1.29 is 9.53 Å². The molecule has 3 aromatic heterocycles. The minimum absolute atomic E-state index is 0.178. The van der Waals surface area contributed by atoms with E-state index in [9.17, 15) is 9.59 Å². The molecule has 0 saturated heterocycles. The molecule has 142 valence electrons. The number of benzene rings is 1. The summed E-state index contributed by atoms with van der Waals surface area (Å²) in [6.07, 6.45) is 5.27. The van der Waals surface area contributed by atoms with Crippen LogP contribution in [0.2, 0.25) is 0 Å². The highest BCUT2D eigenvalue weighted by molar-refractivity contribution is 7.17. The molecule has 1 N–H and O–H groups in total. The number of hydrogen-bond acceptors (Lipinski definition) is 6. The molecule has 0 aliphatic carbocycles. The summed E-state index contributed by atoms with van der Waals surface area (Å²) in [6, 6.07) is 6.85. The lowest BCUT2D eigenvalue weighted by Crippen LogP contribution is -2.20. The Morgan fingerprint density at radius 3 is 2.68 bits per heavy atom. The van der Waals surface area contributed by atoms with Gasteiger partial charge < -0.3 is 9.72 Å². The minimum atomic E-state index is -0.222. The van der Waals surface area contributed by atoms with Crippen molar-refractivity contribution in [2.45, 2.75) is 13.8 Å². The van der Waals surface area contributed by atoms with Crippen LogP contribution < -0.4 is 19.5 Å². The molecule has 0 unspecified atom stereocenters. The molecular formula is C20H17N3O3S2. The summed E-state index contributed by atoms with van der Waals surface area (Å²) in [6.45, 7) is 3.94. The standard InChI is InChI=1S/C20H17N3O3S2/c1-11-10-23-15(12(2)21-20(23)27-11)8-17-19(25)22-18(28-17)9-16(24)13-4-6-14(26-3)7-5-13/h4-10H,1-3H3,(H,22,25). The first-order valence-electron chi connectivity index (χ1n) is 8.50. The van der Waals surface area contributed by atoms with Crippen molar-refractivity contribution in [1.82, 2.24) is 14.4 Å². The first kappa shape index (κ1) is 18.4. The van der Waals surface area contributed by atoms with Gasteiger partial charge in [-0.1, -0.05) is 0 Å². The van der Waals surface area contributed by atoms with E-state index in [1.165, 1.54) is 17.4 Å². The number of aryl methyl sites for hydroxylation is 2. The van der Waals surface area contributed by atoms with Crippen LogP contribution in [0.15, 0.2) is 35.3 Å². The fraction of sp³-hybridized carbons (Fsp3) is 0.150. The highest BCUT2D eigenvalue weighted by atomic mass is 32.1. The van der Waals surface area contributed by atoms with E-state index in [1.54, 1.807) is 42.7 Å². The van der Waals surface area contributed by atoms with Crippen molar-refractivity contribution in [3.05, 3.63) is 71.8 Å². The SMILES string of the molecule is COc1ccc(C(=O)C=c2[nH]c(=O)c(=Cc3c(C)nc4sc(C)cn34)s2)cc1. The van der Waals surface area contributed by atoms with Gasteiger partial charge in [0.05, 0.1) is 27.7 Å². The van der Waals surface area contributed by atoms with Crippen LogP contribution in [-0.2, 0) is 0 Å². The largest absolute Gasteiger partial charge is 0.497 e. The first-order valence-corrected chi connectivity index (χ1v) is 10.1. The van der Waals surface area contributed by atoms with Crippen LogP contribution in [0.4, 0.5) is 0 Å². The quantitative estimate of drug-likeness (QED) is 0.523. The number of fused-ring (bicyclic) bond motifs is 1. The highest BCUT2D eigenvalue weighted by Gasteiger charge is 2.10. The third-order valence-electron chi connectivity index (χ3n) is 4.25. The van der Waals surface area contributed by atoms with Gasteiger partial charge in [0, 0.05) is 22.7 Å². The third-order valence-corrected chi connectivity index (χ3v) is 6.11. The molecule has 0 saturated carbocycles. The van der Waals surface area contributed by atoms with Crippen LogP contribution in [0.5, 0.6) is 5.75 Å². The monoisotopic (exact) mass is 411 g/mol. The Labute approximate surface area is 168 Å². The van der Waals surface area contributed by atoms with Crippen molar-refractivity contribution in [3.63, 3.8) is 0 Å². The molecule has 1 aromatic carbocycles. The number of ketones is 1. The lowest BCUT2D eigenvalue weighted by molar-refractivity contribution is 0.106. The number of Topliss-reactive ketones (excluding diaryl/α,β-unsaturated/α-hetero) is 1. The maximum atomic E-state index is 12.4. The molecule has 0 fully saturated rings. The van der Waals surface area contributed by atoms with Gasteiger partial charge >= 0.3 is 0 Å². The van der Waals surface area contributed by atoms with Crippen molar-refractivity contribution in [3.8, 4) is 5.75 Å². The topological polar surface area (TPSA) is 76.5 Å². The summed E-state index contributed by atoms with van der Waals surface area (Å²) in [5.41, 5.74) is 2.04. The second kappa shape index (κ2) is 7.21. The number of methoxy groups -OCH3 is 1. The van der Waals surface area contributed by atoms with Gasteiger partial charge in [0.15, 0.2) is 10.7 Å². The minimum Gasteiger partial charge on any atom is -0.497 e. The zero-order valence-electron chi connectivity index (χ0n) is 15.5. The summed E-state index contributed by atoms with van der Waals surface area (Å²) in [7, 11) is 1.57. The van der Waals surface area contributed by atoms with E-state index in [-0.39, 0.29) is 11.3 Å². The molecule has 28 heavy (non-hydrogen) atoms. The van der Waals surface area contributed by atoms with Crippen LogP contribution in [0.3, 0.4) is 0 Å². The van der Waals surface area contributed by atoms with Crippen molar-refractivity contribution >= 4 is 45.6 Å². The lowest BCUT2D eigenvalue weighted by Gasteiger charge is -1.99. The third kappa shape index (κ3) is 3.44. The molecule has 0 spiro atoms. The number of nitrogens with one attached hydrogen (secondary N) is 1. The first-order chi connectivity index (χ1) is 13.4. The average Bonchev–Trinajstić information content (AvgIpc) is 3.29. The van der Waals surface area contributed by atoms with E-state index in [2.05, 4.69) is 9.97 Å². The maximum absolute atomic E-state index is 12.4. The highest BCUT2D eigenvalue weighted by Crippen LogP contribution is 2.20. The summed E-state index contributed by atoms with van der Waals surface area (Å²) in [4.78, 5) is 34.2. The van der Waals surface area contributed by atoms with Crippen LogP contribution in [0, 0.1) is 13.8 Å². The number of ether oxygens (including phenoxy) is 1. The summed E-state index contributed by atoms with van der Waals surface area (Å²) >= 11 is 2.86. The van der Waals surface area contributed by atoms with E-state index in [0.29, 0.717) is 20.5 Å². The number of aromatic nitrogens is 3. The summed E-state index contributed by atoms with van der Waals surface area (Å²) in [5.74, 6) is 0.507. The molecule has 3 heterocycles. The number of H-pyrrole nitrogens is 1. The molecule has 0 atom stereocenters. The molecule has 0 amide bonds. The van der Waals surface area contributed by atoms with Gasteiger partial charge in [-0.15, -0.1) is 22.7 Å². The van der Waals surface area contributed by atoms with E-state index in [1.807, 2.05) is 30.5 Å². The van der Waals surface area contributed by atoms with Crippen LogP contribution >= 0.6 is 22.7 Å². The van der Waals surface area contributed by atoms with Gasteiger partial charge in [-0.05, 0) is 44.2 Å². The van der Waals surface area contributed by atoms with Gasteiger partial charge in [0.2, 0.25) is 0 Å². The smallest absolute Gasteiger partial charge is 0.266 e. The Morgan fingerprint density at radius 1 is 1.21 bits per heavy atom. The van der Waals surface area contributed by atoms with E-state index in [0.717, 1.165) is 21.2 Å². The number of carbonyl (C=O) groups excluding carboxylic acids is 1. The molecule has 4 aromatic rings. The molecule has 4 rings (SSSR count). The Morgan fingerprint density at radius 2 is 1.96 bits per heavy atom. The normalized spacial score (nSPS) is 12.8. The molecule has 0 aliphatic rings. The predicted molar refractivity (Wildman–Crippen MR) is 112 cm³/mol. The Bertz CT molecular complexity index is 1350. The molecule has 0 radical (unpaired) electrons. The van der Waals surface area contributed by atoms with Crippen LogP contribution in [0.1, 0.15) is 26.6 Å². The lowest BCUT2D eigenvalue weighted by atomic mass is 10.1. The van der Waals surface area contributed by atoms with E-state index in [4.69, 9.17) is 4.74 Å². The number of thiazole rings is 2. The summed E-state index contributed by atoms with van der Waals surface area (Å²) < 4.78 is 8.13. The number of rotatable bonds is 4. The molecular weight excluding hydrogens is 394 g/mol. The number of hydrogen-bond donors (Lipinski definition) is 1. The second-order valence-corrected chi connectivity index (χ2v) is 8.54. The van der Waals surface area contributed by atoms with Gasteiger partial charge in [-0.25, -0.2) is 4.98 Å². The number of carbonyl (C=O) groups is 1. The molecule has 8 heteroatoms. The molecule has 6 nitrogen and oxygen atoms in total. The fourth-order valence-electron chi connectivity index (χ4n) is 2.86. The van der Waals surface area contributed by atoms with Gasteiger partial charge in [-0.3, -0.25) is 14.0 Å². The molecule has 0 aliphatic heterocycles. The van der Waals surface area contributed by atoms with Gasteiger partial charge in [0.1, 0.15) is 5.75 Å².